The molecule has 0 radical (unpaired) electrons. The fourth-order valence-corrected chi connectivity index (χ4v) is 4.06. The van der Waals surface area contributed by atoms with Crippen LogP contribution in [0.1, 0.15) is 27.0 Å². The molecule has 1 aliphatic rings. The molecular weight excluding hydrogens is 386 g/mol. The molecule has 27 heavy (non-hydrogen) atoms. The molecule has 7 heteroatoms. The lowest BCUT2D eigenvalue weighted by Gasteiger charge is -2.26. The van der Waals surface area contributed by atoms with Gasteiger partial charge in [-0.05, 0) is 41.3 Å². The Morgan fingerprint density at radius 3 is 2.74 bits per heavy atom. The quantitative estimate of drug-likeness (QED) is 0.627. The van der Waals surface area contributed by atoms with Crippen LogP contribution in [0.15, 0.2) is 75.9 Å². The van der Waals surface area contributed by atoms with E-state index in [0.717, 1.165) is 0 Å². The summed E-state index contributed by atoms with van der Waals surface area (Å²) in [6.45, 7) is 0.119. The summed E-state index contributed by atoms with van der Waals surface area (Å²) >= 11 is 7.39. The molecule has 4 rings (SSSR count). The van der Waals surface area contributed by atoms with Crippen molar-refractivity contribution in [3.05, 3.63) is 92.7 Å². The number of hydrogen-bond acceptors (Lipinski definition) is 5. The zero-order valence-corrected chi connectivity index (χ0v) is 15.5. The highest BCUT2D eigenvalue weighted by atomic mass is 35.5. The number of nitrogens with zero attached hydrogens (tertiary/aromatic N) is 1. The van der Waals surface area contributed by atoms with Gasteiger partial charge in [-0.1, -0.05) is 29.8 Å². The smallest absolute Gasteiger partial charge is 0.290 e. The van der Waals surface area contributed by atoms with Gasteiger partial charge < -0.3 is 14.4 Å². The standard InChI is InChI=1S/C20H14ClNO4S/c21-13-5-1-4-12(10-13)17-16(18(23)15-7-3-9-27-15)19(24)20(25)22(17)11-14-6-2-8-26-14/h1-10,17,24H,11H2. The van der Waals surface area contributed by atoms with E-state index in [1.165, 1.54) is 22.5 Å². The van der Waals surface area contributed by atoms with E-state index in [4.69, 9.17) is 16.0 Å². The molecule has 3 aromatic rings. The molecule has 0 saturated heterocycles. The molecule has 0 aliphatic carbocycles. The van der Waals surface area contributed by atoms with Crippen LogP contribution in [0.5, 0.6) is 0 Å². The predicted octanol–water partition coefficient (Wildman–Crippen LogP) is 4.77. The molecule has 1 aliphatic heterocycles. The Balaban J connectivity index is 1.81. The van der Waals surface area contributed by atoms with Crippen molar-refractivity contribution in [2.45, 2.75) is 12.6 Å². The summed E-state index contributed by atoms with van der Waals surface area (Å²) in [5, 5.41) is 12.8. The summed E-state index contributed by atoms with van der Waals surface area (Å²) in [5.74, 6) is -0.975. The number of benzene rings is 1. The van der Waals surface area contributed by atoms with E-state index >= 15 is 0 Å². The number of aliphatic hydroxyl groups excluding tert-OH is 1. The van der Waals surface area contributed by atoms with Crippen LogP contribution in [-0.4, -0.2) is 21.7 Å². The second-order valence-electron chi connectivity index (χ2n) is 6.04. The molecule has 1 unspecified atom stereocenters. The maximum absolute atomic E-state index is 13.0. The first-order valence-electron chi connectivity index (χ1n) is 8.16. The number of thiophene rings is 1. The number of furan rings is 1. The van der Waals surface area contributed by atoms with Gasteiger partial charge in [0, 0.05) is 5.02 Å². The Hall–Kier alpha value is -2.83. The number of hydrogen-bond donors (Lipinski definition) is 1. The van der Waals surface area contributed by atoms with Gasteiger partial charge in [0.1, 0.15) is 5.76 Å². The van der Waals surface area contributed by atoms with E-state index < -0.39 is 17.7 Å². The monoisotopic (exact) mass is 399 g/mol. The molecule has 1 aromatic carbocycles. The number of rotatable bonds is 5. The summed E-state index contributed by atoms with van der Waals surface area (Å²) in [7, 11) is 0. The van der Waals surface area contributed by atoms with Crippen LogP contribution in [0.25, 0.3) is 0 Å². The zero-order chi connectivity index (χ0) is 19.0. The topological polar surface area (TPSA) is 70.8 Å². The molecule has 1 amide bonds. The zero-order valence-electron chi connectivity index (χ0n) is 14.0. The summed E-state index contributed by atoms with van der Waals surface area (Å²) < 4.78 is 5.35. The van der Waals surface area contributed by atoms with Crippen LogP contribution in [0.2, 0.25) is 5.02 Å². The third-order valence-corrected chi connectivity index (χ3v) is 5.47. The van der Waals surface area contributed by atoms with Gasteiger partial charge in [-0.3, -0.25) is 9.59 Å². The van der Waals surface area contributed by atoms with Crippen LogP contribution in [0, 0.1) is 0 Å². The maximum atomic E-state index is 13.0. The van der Waals surface area contributed by atoms with E-state index in [0.29, 0.717) is 21.2 Å². The van der Waals surface area contributed by atoms with Gasteiger partial charge in [0.25, 0.3) is 5.91 Å². The number of ketones is 1. The largest absolute Gasteiger partial charge is 0.503 e. The van der Waals surface area contributed by atoms with E-state index in [1.54, 1.807) is 53.9 Å². The van der Waals surface area contributed by atoms with Crippen molar-refractivity contribution >= 4 is 34.6 Å². The van der Waals surface area contributed by atoms with Gasteiger partial charge in [0.15, 0.2) is 5.76 Å². The minimum absolute atomic E-state index is 0.0521. The molecule has 0 saturated carbocycles. The number of aliphatic hydroxyl groups is 1. The normalized spacial score (nSPS) is 17.0. The van der Waals surface area contributed by atoms with Crippen LogP contribution in [0.3, 0.4) is 0 Å². The van der Waals surface area contributed by atoms with E-state index in [9.17, 15) is 14.7 Å². The van der Waals surface area contributed by atoms with E-state index in [-0.39, 0.29) is 17.9 Å². The van der Waals surface area contributed by atoms with Crippen molar-refractivity contribution in [3.63, 3.8) is 0 Å². The Labute approximate surface area is 164 Å². The molecular formula is C20H14ClNO4S. The maximum Gasteiger partial charge on any atom is 0.290 e. The molecule has 2 aromatic heterocycles. The summed E-state index contributed by atoms with van der Waals surface area (Å²) in [6, 6.07) is 13.0. The summed E-state index contributed by atoms with van der Waals surface area (Å²) in [5.41, 5.74) is 0.697. The second kappa shape index (κ2) is 7.06. The fourth-order valence-electron chi connectivity index (χ4n) is 3.18. The minimum Gasteiger partial charge on any atom is -0.503 e. The second-order valence-corrected chi connectivity index (χ2v) is 7.42. The first-order valence-corrected chi connectivity index (χ1v) is 9.42. The predicted molar refractivity (Wildman–Crippen MR) is 102 cm³/mol. The van der Waals surface area contributed by atoms with Gasteiger partial charge >= 0.3 is 0 Å². The van der Waals surface area contributed by atoms with E-state index in [1.807, 2.05) is 0 Å². The highest BCUT2D eigenvalue weighted by Crippen LogP contribution is 2.40. The van der Waals surface area contributed by atoms with Crippen LogP contribution >= 0.6 is 22.9 Å². The summed E-state index contributed by atoms with van der Waals surface area (Å²) in [6.07, 6.45) is 1.51. The fraction of sp³-hybridized carbons (Fsp3) is 0.100. The highest BCUT2D eigenvalue weighted by molar-refractivity contribution is 7.12. The van der Waals surface area contributed by atoms with Crippen molar-refractivity contribution in [3.8, 4) is 0 Å². The SMILES string of the molecule is O=C(C1=C(O)C(=O)N(Cc2ccco2)C1c1cccc(Cl)c1)c1cccs1. The molecule has 1 N–H and O–H groups in total. The lowest BCUT2D eigenvalue weighted by atomic mass is 9.95. The van der Waals surface area contributed by atoms with Crippen molar-refractivity contribution in [2.75, 3.05) is 0 Å². The lowest BCUT2D eigenvalue weighted by Crippen LogP contribution is -2.30. The lowest BCUT2D eigenvalue weighted by molar-refractivity contribution is -0.130. The van der Waals surface area contributed by atoms with Crippen molar-refractivity contribution in [1.82, 2.24) is 4.90 Å². The molecule has 3 heterocycles. The molecule has 0 fully saturated rings. The van der Waals surface area contributed by atoms with Gasteiger partial charge in [-0.2, -0.15) is 0 Å². The molecule has 136 valence electrons. The van der Waals surface area contributed by atoms with Crippen LogP contribution in [-0.2, 0) is 11.3 Å². The van der Waals surface area contributed by atoms with Crippen molar-refractivity contribution < 1.29 is 19.1 Å². The molecule has 5 nitrogen and oxygen atoms in total. The first-order chi connectivity index (χ1) is 13.1. The summed E-state index contributed by atoms with van der Waals surface area (Å²) in [4.78, 5) is 27.7. The number of halogens is 1. The van der Waals surface area contributed by atoms with Crippen LogP contribution < -0.4 is 0 Å². The Morgan fingerprint density at radius 1 is 1.22 bits per heavy atom. The third kappa shape index (κ3) is 3.18. The van der Waals surface area contributed by atoms with Gasteiger partial charge in [-0.25, -0.2) is 0 Å². The van der Waals surface area contributed by atoms with Crippen molar-refractivity contribution in [2.24, 2.45) is 0 Å². The number of Topliss-reactive ketones (excluding diaryl/α,β-unsaturated/α-hetero) is 1. The Bertz CT molecular complexity index is 1020. The van der Waals surface area contributed by atoms with Gasteiger partial charge in [-0.15, -0.1) is 11.3 Å². The van der Waals surface area contributed by atoms with Gasteiger partial charge in [0.2, 0.25) is 5.78 Å². The average molecular weight is 400 g/mol. The highest BCUT2D eigenvalue weighted by Gasteiger charge is 2.44. The number of carbonyl (C=O) groups excluding carboxylic acids is 2. The van der Waals surface area contributed by atoms with E-state index in [2.05, 4.69) is 0 Å². The molecule has 0 bridgehead atoms. The third-order valence-electron chi connectivity index (χ3n) is 4.36. The Morgan fingerprint density at radius 2 is 2.07 bits per heavy atom. The van der Waals surface area contributed by atoms with Crippen molar-refractivity contribution in [1.29, 1.82) is 0 Å². The molecule has 0 spiro atoms. The number of amides is 1. The molecule has 1 atom stereocenters. The average Bonchev–Trinajstić information content (AvgIpc) is 3.40. The first kappa shape index (κ1) is 17.6. The van der Waals surface area contributed by atoms with Crippen LogP contribution in [0.4, 0.5) is 0 Å². The Kier molecular flexibility index (Phi) is 4.59. The minimum atomic E-state index is -0.754. The number of carbonyl (C=O) groups is 2. The van der Waals surface area contributed by atoms with Gasteiger partial charge in [0.05, 0.1) is 29.3 Å².